The fraction of sp³-hybridized carbons (Fsp3) is 0.500. The smallest absolute Gasteiger partial charge is 0.101 e. The van der Waals surface area contributed by atoms with E-state index >= 15 is 0 Å². The minimum atomic E-state index is 0.993. The predicted molar refractivity (Wildman–Crippen MR) is 58.7 cm³/mol. The van der Waals surface area contributed by atoms with E-state index in [1.165, 1.54) is 24.9 Å². The Morgan fingerprint density at radius 2 is 2.31 bits per heavy atom. The van der Waals surface area contributed by atoms with Crippen molar-refractivity contribution in [2.75, 3.05) is 11.9 Å². The Labute approximate surface area is 82.7 Å². The number of nitrogens with zero attached hydrogens (tertiary/aromatic N) is 1. The Morgan fingerprint density at radius 1 is 1.31 bits per heavy atom. The number of hydrogen-bond acceptors (Lipinski definition) is 3. The fourth-order valence-electron chi connectivity index (χ4n) is 1.48. The molecule has 2 rings (SSSR count). The monoisotopic (exact) mass is 194 g/mol. The van der Waals surface area contributed by atoms with Crippen molar-refractivity contribution in [2.24, 2.45) is 4.99 Å². The summed E-state index contributed by atoms with van der Waals surface area (Å²) in [6.45, 7) is 0.993. The number of nitrogens with one attached hydrogen (secondary N) is 1. The van der Waals surface area contributed by atoms with Crippen LogP contribution in [0.4, 0.5) is 5.69 Å². The van der Waals surface area contributed by atoms with Crippen molar-refractivity contribution in [3.05, 3.63) is 16.8 Å². The van der Waals surface area contributed by atoms with E-state index in [2.05, 4.69) is 27.1 Å². The van der Waals surface area contributed by atoms with E-state index in [0.717, 1.165) is 18.8 Å². The average Bonchev–Trinajstić information content (AvgIpc) is 2.49. The van der Waals surface area contributed by atoms with Crippen molar-refractivity contribution < 1.29 is 0 Å². The predicted octanol–water partition coefficient (Wildman–Crippen LogP) is 3.13. The minimum Gasteiger partial charge on any atom is -0.343 e. The summed E-state index contributed by atoms with van der Waals surface area (Å²) in [5.41, 5.74) is 1.19. The molecule has 1 aliphatic heterocycles. The number of thiophene rings is 1. The van der Waals surface area contributed by atoms with Crippen molar-refractivity contribution in [3.63, 3.8) is 0 Å². The molecule has 13 heavy (non-hydrogen) atoms. The SMILES string of the molecule is c1cc(NC2=NCCCCC2)cs1. The fourth-order valence-corrected chi connectivity index (χ4v) is 2.07. The van der Waals surface area contributed by atoms with Gasteiger partial charge in [0.1, 0.15) is 5.84 Å². The largest absolute Gasteiger partial charge is 0.343 e. The molecular formula is C10H14N2S. The van der Waals surface area contributed by atoms with E-state index in [1.807, 2.05) is 0 Å². The summed E-state index contributed by atoms with van der Waals surface area (Å²) in [4.78, 5) is 4.51. The Morgan fingerprint density at radius 3 is 3.15 bits per heavy atom. The molecule has 3 heteroatoms. The molecule has 2 heterocycles. The van der Waals surface area contributed by atoms with Crippen LogP contribution in [-0.4, -0.2) is 12.4 Å². The highest BCUT2D eigenvalue weighted by atomic mass is 32.1. The first-order chi connectivity index (χ1) is 6.45. The first kappa shape index (κ1) is 8.75. The molecule has 0 saturated carbocycles. The molecule has 0 aliphatic carbocycles. The van der Waals surface area contributed by atoms with Gasteiger partial charge in [0, 0.05) is 18.3 Å². The maximum absolute atomic E-state index is 4.51. The molecule has 70 valence electrons. The van der Waals surface area contributed by atoms with Crippen molar-refractivity contribution in [3.8, 4) is 0 Å². The van der Waals surface area contributed by atoms with Crippen LogP contribution in [0.15, 0.2) is 21.8 Å². The molecule has 0 bridgehead atoms. The van der Waals surface area contributed by atoms with Crippen LogP contribution in [0.5, 0.6) is 0 Å². The second-order valence-electron chi connectivity index (χ2n) is 3.28. The van der Waals surface area contributed by atoms with Crippen molar-refractivity contribution in [2.45, 2.75) is 25.7 Å². The van der Waals surface area contributed by atoms with Gasteiger partial charge in [-0.3, -0.25) is 4.99 Å². The van der Waals surface area contributed by atoms with Gasteiger partial charge in [-0.05, 0) is 24.3 Å². The third kappa shape index (κ3) is 2.56. The zero-order valence-corrected chi connectivity index (χ0v) is 8.44. The summed E-state index contributed by atoms with van der Waals surface area (Å²) < 4.78 is 0. The lowest BCUT2D eigenvalue weighted by atomic mass is 10.2. The van der Waals surface area contributed by atoms with Crippen LogP contribution in [0.1, 0.15) is 25.7 Å². The topological polar surface area (TPSA) is 24.4 Å². The highest BCUT2D eigenvalue weighted by Crippen LogP contribution is 2.14. The molecule has 1 aromatic heterocycles. The molecule has 0 aromatic carbocycles. The van der Waals surface area contributed by atoms with Gasteiger partial charge in [0.05, 0.1) is 5.69 Å². The number of hydrogen-bond donors (Lipinski definition) is 1. The summed E-state index contributed by atoms with van der Waals surface area (Å²) in [5.74, 6) is 1.16. The molecule has 0 radical (unpaired) electrons. The first-order valence-electron chi connectivity index (χ1n) is 4.78. The van der Waals surface area contributed by atoms with Crippen LogP contribution in [-0.2, 0) is 0 Å². The van der Waals surface area contributed by atoms with Crippen LogP contribution < -0.4 is 5.32 Å². The van der Waals surface area contributed by atoms with E-state index in [1.54, 1.807) is 11.3 Å². The molecule has 1 N–H and O–H groups in total. The summed E-state index contributed by atoms with van der Waals surface area (Å²) >= 11 is 1.72. The number of amidine groups is 1. The van der Waals surface area contributed by atoms with Gasteiger partial charge in [-0.25, -0.2) is 0 Å². The highest BCUT2D eigenvalue weighted by Gasteiger charge is 2.03. The number of aliphatic imine (C=N–C) groups is 1. The van der Waals surface area contributed by atoms with E-state index in [-0.39, 0.29) is 0 Å². The molecule has 0 saturated heterocycles. The van der Waals surface area contributed by atoms with E-state index in [0.29, 0.717) is 0 Å². The van der Waals surface area contributed by atoms with Crippen molar-refractivity contribution >= 4 is 22.9 Å². The quantitative estimate of drug-likeness (QED) is 0.729. The number of rotatable bonds is 1. The van der Waals surface area contributed by atoms with Gasteiger partial charge in [-0.1, -0.05) is 6.42 Å². The maximum atomic E-state index is 4.51. The van der Waals surface area contributed by atoms with Crippen LogP contribution >= 0.6 is 11.3 Å². The highest BCUT2D eigenvalue weighted by molar-refractivity contribution is 7.08. The first-order valence-corrected chi connectivity index (χ1v) is 5.72. The van der Waals surface area contributed by atoms with Gasteiger partial charge in [0.2, 0.25) is 0 Å². The van der Waals surface area contributed by atoms with E-state index in [4.69, 9.17) is 0 Å². The molecular weight excluding hydrogens is 180 g/mol. The van der Waals surface area contributed by atoms with Crippen LogP contribution in [0.3, 0.4) is 0 Å². The molecule has 0 unspecified atom stereocenters. The molecule has 2 nitrogen and oxygen atoms in total. The molecule has 0 atom stereocenters. The van der Waals surface area contributed by atoms with Gasteiger partial charge in [-0.2, -0.15) is 11.3 Å². The molecule has 1 aliphatic rings. The minimum absolute atomic E-state index is 0.993. The summed E-state index contributed by atoms with van der Waals surface area (Å²) in [6.07, 6.45) is 4.94. The molecule has 0 amide bonds. The van der Waals surface area contributed by atoms with Crippen molar-refractivity contribution in [1.82, 2.24) is 0 Å². The molecule has 0 fully saturated rings. The van der Waals surface area contributed by atoms with E-state index in [9.17, 15) is 0 Å². The van der Waals surface area contributed by atoms with Crippen LogP contribution in [0, 0.1) is 0 Å². The standard InChI is InChI=1S/C10H14N2S/c1-2-4-10(11-6-3-1)12-9-5-7-13-8-9/h5,7-8H,1-4,6H2,(H,11,12). The third-order valence-electron chi connectivity index (χ3n) is 2.18. The molecule has 0 spiro atoms. The van der Waals surface area contributed by atoms with Gasteiger partial charge < -0.3 is 5.32 Å². The Balaban J connectivity index is 1.96. The summed E-state index contributed by atoms with van der Waals surface area (Å²) in [5, 5.41) is 7.56. The van der Waals surface area contributed by atoms with Gasteiger partial charge >= 0.3 is 0 Å². The lowest BCUT2D eigenvalue weighted by molar-refractivity contribution is 0.731. The normalized spacial score (nSPS) is 17.7. The Bertz CT molecular complexity index is 277. The van der Waals surface area contributed by atoms with Gasteiger partial charge in [0.15, 0.2) is 0 Å². The van der Waals surface area contributed by atoms with Gasteiger partial charge in [-0.15, -0.1) is 0 Å². The Kier molecular flexibility index (Phi) is 2.98. The zero-order valence-electron chi connectivity index (χ0n) is 7.62. The third-order valence-corrected chi connectivity index (χ3v) is 2.87. The summed E-state index contributed by atoms with van der Waals surface area (Å²) in [7, 11) is 0. The lowest BCUT2D eigenvalue weighted by Crippen LogP contribution is -2.10. The summed E-state index contributed by atoms with van der Waals surface area (Å²) in [6, 6.07) is 2.10. The molecule has 1 aromatic rings. The van der Waals surface area contributed by atoms with Crippen LogP contribution in [0.25, 0.3) is 0 Å². The second kappa shape index (κ2) is 4.42. The average molecular weight is 194 g/mol. The van der Waals surface area contributed by atoms with E-state index < -0.39 is 0 Å². The van der Waals surface area contributed by atoms with Gasteiger partial charge in [0.25, 0.3) is 0 Å². The number of anilines is 1. The maximum Gasteiger partial charge on any atom is 0.101 e. The van der Waals surface area contributed by atoms with Crippen LogP contribution in [0.2, 0.25) is 0 Å². The van der Waals surface area contributed by atoms with Crippen molar-refractivity contribution in [1.29, 1.82) is 0 Å². The second-order valence-corrected chi connectivity index (χ2v) is 4.06. The Hall–Kier alpha value is -0.830. The zero-order chi connectivity index (χ0) is 8.93. The lowest BCUT2D eigenvalue weighted by Gasteiger charge is -2.04.